The molecule has 0 fully saturated rings. The largest absolute Gasteiger partial charge is 0.354 e. The van der Waals surface area contributed by atoms with Crippen LogP contribution in [0, 0.1) is 6.92 Å². The van der Waals surface area contributed by atoms with Crippen molar-refractivity contribution in [2.24, 2.45) is 0 Å². The first-order valence-corrected chi connectivity index (χ1v) is 3.67. The minimum absolute atomic E-state index is 0.121. The molecule has 0 radical (unpaired) electrons. The summed E-state index contributed by atoms with van der Waals surface area (Å²) in [5, 5.41) is 2.50. The van der Waals surface area contributed by atoms with Gasteiger partial charge in [0.25, 0.3) is 5.91 Å². The molecule has 3 nitrogen and oxygen atoms in total. The summed E-state index contributed by atoms with van der Waals surface area (Å²) < 4.78 is 3.92. The lowest BCUT2D eigenvalue weighted by molar-refractivity contribution is 0.0959. The SMILES string of the molecule is CNC(=O)c1cc(C)sn1. The lowest BCUT2D eigenvalue weighted by Crippen LogP contribution is -2.17. The normalized spacial score (nSPS) is 9.40. The Hall–Kier alpha value is -0.900. The van der Waals surface area contributed by atoms with Gasteiger partial charge in [0.05, 0.1) is 0 Å². The first-order chi connectivity index (χ1) is 4.74. The van der Waals surface area contributed by atoms with E-state index in [2.05, 4.69) is 9.69 Å². The number of nitrogens with one attached hydrogen (secondary N) is 1. The molecule has 0 spiro atoms. The van der Waals surface area contributed by atoms with Gasteiger partial charge in [0, 0.05) is 11.9 Å². The zero-order valence-corrected chi connectivity index (χ0v) is 6.66. The van der Waals surface area contributed by atoms with Crippen LogP contribution in [0.25, 0.3) is 0 Å². The fourth-order valence-electron chi connectivity index (χ4n) is 0.601. The summed E-state index contributed by atoms with van der Waals surface area (Å²) in [5.74, 6) is -0.121. The van der Waals surface area contributed by atoms with Gasteiger partial charge in [-0.1, -0.05) is 0 Å². The van der Waals surface area contributed by atoms with Gasteiger partial charge >= 0.3 is 0 Å². The van der Waals surface area contributed by atoms with Crippen molar-refractivity contribution in [3.05, 3.63) is 16.6 Å². The van der Waals surface area contributed by atoms with E-state index in [-0.39, 0.29) is 5.91 Å². The fourth-order valence-corrected chi connectivity index (χ4v) is 1.14. The second kappa shape index (κ2) is 2.79. The van der Waals surface area contributed by atoms with Gasteiger partial charge in [0.1, 0.15) is 5.69 Å². The lowest BCUT2D eigenvalue weighted by Gasteiger charge is -1.89. The summed E-state index contributed by atoms with van der Waals surface area (Å²) in [6.45, 7) is 1.92. The topological polar surface area (TPSA) is 42.0 Å². The van der Waals surface area contributed by atoms with E-state index in [4.69, 9.17) is 0 Å². The molecule has 0 atom stereocenters. The summed E-state index contributed by atoms with van der Waals surface area (Å²) in [6, 6.07) is 1.77. The first kappa shape index (κ1) is 7.21. The number of carbonyl (C=O) groups is 1. The van der Waals surface area contributed by atoms with Crippen LogP contribution in [0.1, 0.15) is 15.4 Å². The Morgan fingerprint density at radius 1 is 1.80 bits per heavy atom. The average Bonchev–Trinajstić information content (AvgIpc) is 2.34. The Labute approximate surface area is 63.2 Å². The Morgan fingerprint density at radius 2 is 2.50 bits per heavy atom. The third-order valence-corrected chi connectivity index (χ3v) is 1.78. The molecule has 10 heavy (non-hydrogen) atoms. The fraction of sp³-hybridized carbons (Fsp3) is 0.333. The van der Waals surface area contributed by atoms with Gasteiger partial charge in [-0.3, -0.25) is 4.79 Å². The van der Waals surface area contributed by atoms with Crippen LogP contribution in [-0.4, -0.2) is 17.3 Å². The van der Waals surface area contributed by atoms with Crippen LogP contribution in [0.3, 0.4) is 0 Å². The molecule has 1 heterocycles. The van der Waals surface area contributed by atoms with Crippen LogP contribution in [0.4, 0.5) is 0 Å². The van der Waals surface area contributed by atoms with E-state index in [9.17, 15) is 4.79 Å². The molecule has 0 aliphatic heterocycles. The van der Waals surface area contributed by atoms with E-state index < -0.39 is 0 Å². The highest BCUT2D eigenvalue weighted by Crippen LogP contribution is 2.06. The van der Waals surface area contributed by atoms with E-state index in [0.29, 0.717) is 5.69 Å². The Balaban J connectivity index is 2.85. The molecular formula is C6H8N2OS. The van der Waals surface area contributed by atoms with E-state index in [1.165, 1.54) is 11.5 Å². The molecule has 1 N–H and O–H groups in total. The molecule has 0 saturated heterocycles. The molecule has 0 bridgehead atoms. The molecule has 1 aromatic rings. The summed E-state index contributed by atoms with van der Waals surface area (Å²) in [6.07, 6.45) is 0. The van der Waals surface area contributed by atoms with E-state index >= 15 is 0 Å². The van der Waals surface area contributed by atoms with Crippen LogP contribution in [0.15, 0.2) is 6.07 Å². The van der Waals surface area contributed by atoms with E-state index in [1.54, 1.807) is 13.1 Å². The molecule has 1 amide bonds. The monoisotopic (exact) mass is 156 g/mol. The van der Waals surface area contributed by atoms with Gasteiger partial charge in [0.2, 0.25) is 0 Å². The maximum Gasteiger partial charge on any atom is 0.270 e. The summed E-state index contributed by atoms with van der Waals surface area (Å²) in [5.41, 5.74) is 0.505. The predicted molar refractivity (Wildman–Crippen MR) is 40.2 cm³/mol. The number of aryl methyl sites for hydroxylation is 1. The van der Waals surface area contributed by atoms with Gasteiger partial charge in [-0.15, -0.1) is 0 Å². The van der Waals surface area contributed by atoms with Crippen LogP contribution in [0.2, 0.25) is 0 Å². The molecule has 0 unspecified atom stereocenters. The Morgan fingerprint density at radius 3 is 2.90 bits per heavy atom. The maximum absolute atomic E-state index is 10.9. The third-order valence-electron chi connectivity index (χ3n) is 1.09. The minimum atomic E-state index is -0.121. The molecule has 0 aliphatic rings. The summed E-state index contributed by atoms with van der Waals surface area (Å²) in [7, 11) is 1.59. The zero-order valence-electron chi connectivity index (χ0n) is 5.84. The molecule has 0 aromatic carbocycles. The van der Waals surface area contributed by atoms with Crippen LogP contribution < -0.4 is 5.32 Å². The zero-order chi connectivity index (χ0) is 7.56. The number of nitrogens with zero attached hydrogens (tertiary/aromatic N) is 1. The molecular weight excluding hydrogens is 148 g/mol. The Kier molecular flexibility index (Phi) is 2.01. The molecule has 0 aliphatic carbocycles. The van der Waals surface area contributed by atoms with Gasteiger partial charge in [-0.25, -0.2) is 0 Å². The van der Waals surface area contributed by atoms with Crippen molar-refractivity contribution in [2.45, 2.75) is 6.92 Å². The van der Waals surface area contributed by atoms with Crippen molar-refractivity contribution in [2.75, 3.05) is 7.05 Å². The third kappa shape index (κ3) is 1.33. The number of carbonyl (C=O) groups excluding carboxylic acids is 1. The number of amides is 1. The maximum atomic E-state index is 10.9. The number of aromatic nitrogens is 1. The standard InChI is InChI=1S/C6H8N2OS/c1-4-3-5(8-10-4)6(9)7-2/h3H,1-2H3,(H,7,9). The van der Waals surface area contributed by atoms with Crippen molar-refractivity contribution in [1.82, 2.24) is 9.69 Å². The van der Waals surface area contributed by atoms with Gasteiger partial charge in [0.15, 0.2) is 0 Å². The summed E-state index contributed by atoms with van der Waals surface area (Å²) >= 11 is 1.34. The van der Waals surface area contributed by atoms with Crippen molar-refractivity contribution in [3.8, 4) is 0 Å². The minimum Gasteiger partial charge on any atom is -0.354 e. The smallest absolute Gasteiger partial charge is 0.270 e. The van der Waals surface area contributed by atoms with Crippen molar-refractivity contribution in [1.29, 1.82) is 0 Å². The van der Waals surface area contributed by atoms with Crippen molar-refractivity contribution < 1.29 is 4.79 Å². The molecule has 54 valence electrons. The first-order valence-electron chi connectivity index (χ1n) is 2.89. The number of rotatable bonds is 1. The molecule has 4 heteroatoms. The van der Waals surface area contributed by atoms with Gasteiger partial charge in [-0.05, 0) is 24.5 Å². The number of hydrogen-bond acceptors (Lipinski definition) is 3. The second-order valence-electron chi connectivity index (χ2n) is 1.90. The average molecular weight is 156 g/mol. The Bertz CT molecular complexity index is 244. The van der Waals surface area contributed by atoms with Crippen molar-refractivity contribution >= 4 is 17.4 Å². The molecule has 1 rings (SSSR count). The van der Waals surface area contributed by atoms with Gasteiger partial charge < -0.3 is 5.32 Å². The highest BCUT2D eigenvalue weighted by atomic mass is 32.1. The quantitative estimate of drug-likeness (QED) is 0.653. The summed E-state index contributed by atoms with van der Waals surface area (Å²) in [4.78, 5) is 11.9. The van der Waals surface area contributed by atoms with Gasteiger partial charge in [-0.2, -0.15) is 4.37 Å². The second-order valence-corrected chi connectivity index (χ2v) is 2.91. The van der Waals surface area contributed by atoms with E-state index in [1.807, 2.05) is 6.92 Å². The predicted octanol–water partition coefficient (Wildman–Crippen LogP) is 0.811. The number of hydrogen-bond donors (Lipinski definition) is 1. The highest BCUT2D eigenvalue weighted by Gasteiger charge is 2.05. The lowest BCUT2D eigenvalue weighted by atomic mass is 10.4. The highest BCUT2D eigenvalue weighted by molar-refractivity contribution is 7.05. The van der Waals surface area contributed by atoms with Crippen LogP contribution in [-0.2, 0) is 0 Å². The van der Waals surface area contributed by atoms with Crippen LogP contribution >= 0.6 is 11.5 Å². The molecule has 1 aromatic heterocycles. The van der Waals surface area contributed by atoms with Crippen molar-refractivity contribution in [3.63, 3.8) is 0 Å². The van der Waals surface area contributed by atoms with E-state index in [0.717, 1.165) is 4.88 Å². The molecule has 0 saturated carbocycles. The van der Waals surface area contributed by atoms with Crippen LogP contribution in [0.5, 0.6) is 0 Å².